The molecule has 1 aromatic rings. The van der Waals surface area contributed by atoms with Crippen LogP contribution in [0.4, 0.5) is 0 Å². The average Bonchev–Trinajstić information content (AvgIpc) is 3.10. The number of benzene rings is 1. The maximum Gasteiger partial charge on any atom is 0.319 e. The molecule has 0 aromatic heterocycles. The van der Waals surface area contributed by atoms with Gasteiger partial charge in [-0.3, -0.25) is 9.59 Å². The third-order valence-corrected chi connectivity index (χ3v) is 4.04. The van der Waals surface area contributed by atoms with Crippen LogP contribution in [-0.2, 0) is 9.59 Å². The molecular weight excluding hydrogens is 298 g/mol. The van der Waals surface area contributed by atoms with Crippen molar-refractivity contribution in [3.05, 3.63) is 34.3 Å². The van der Waals surface area contributed by atoms with Gasteiger partial charge in [0.2, 0.25) is 5.91 Å². The average molecular weight is 312 g/mol. The number of carbonyl (C=O) groups excluding carboxylic acids is 1. The van der Waals surface area contributed by atoms with Gasteiger partial charge in [0.1, 0.15) is 5.41 Å². The molecule has 1 aliphatic rings. The molecule has 5 heteroatoms. The molecule has 1 unspecified atom stereocenters. The summed E-state index contributed by atoms with van der Waals surface area (Å²) >= 11 is 3.41. The molecule has 96 valence electrons. The van der Waals surface area contributed by atoms with Gasteiger partial charge in [-0.2, -0.15) is 0 Å². The first-order valence-electron chi connectivity index (χ1n) is 5.76. The predicted molar refractivity (Wildman–Crippen MR) is 70.0 cm³/mol. The van der Waals surface area contributed by atoms with Crippen LogP contribution in [0.15, 0.2) is 28.7 Å². The molecule has 4 nitrogen and oxygen atoms in total. The molecule has 0 saturated heterocycles. The zero-order chi connectivity index (χ0) is 13.3. The second-order valence-corrected chi connectivity index (χ2v) is 5.46. The maximum absolute atomic E-state index is 12.0. The van der Waals surface area contributed by atoms with E-state index in [-0.39, 0.29) is 6.04 Å². The lowest BCUT2D eigenvalue weighted by atomic mass is 10.0. The van der Waals surface area contributed by atoms with E-state index < -0.39 is 17.3 Å². The summed E-state index contributed by atoms with van der Waals surface area (Å²) in [7, 11) is 0. The number of rotatable bonds is 4. The summed E-state index contributed by atoms with van der Waals surface area (Å²) in [6.07, 6.45) is 0.855. The molecule has 0 bridgehead atoms. The Kier molecular flexibility index (Phi) is 3.43. The smallest absolute Gasteiger partial charge is 0.319 e. The molecule has 0 aliphatic heterocycles. The van der Waals surface area contributed by atoms with Crippen LogP contribution in [-0.4, -0.2) is 17.0 Å². The van der Waals surface area contributed by atoms with Crippen molar-refractivity contribution in [2.45, 2.75) is 25.8 Å². The Morgan fingerprint density at radius 1 is 1.39 bits per heavy atom. The molecule has 0 heterocycles. The Labute approximate surface area is 114 Å². The summed E-state index contributed by atoms with van der Waals surface area (Å²) in [5, 5.41) is 11.8. The molecule has 2 N–H and O–H groups in total. The number of nitrogens with one attached hydrogen (secondary N) is 1. The highest BCUT2D eigenvalue weighted by Crippen LogP contribution is 2.46. The van der Waals surface area contributed by atoms with Crippen LogP contribution in [0.25, 0.3) is 0 Å². The second-order valence-electron chi connectivity index (χ2n) is 4.60. The van der Waals surface area contributed by atoms with Crippen molar-refractivity contribution >= 4 is 27.8 Å². The van der Waals surface area contributed by atoms with Gasteiger partial charge >= 0.3 is 5.97 Å². The number of aliphatic carboxylic acids is 1. The largest absolute Gasteiger partial charge is 0.480 e. The minimum absolute atomic E-state index is 0.218. The molecule has 0 spiro atoms. The van der Waals surface area contributed by atoms with E-state index in [1.165, 1.54) is 0 Å². The molecule has 0 radical (unpaired) electrons. The SMILES string of the molecule is CC(NC(=O)C1(C(=O)O)CC1)c1ccccc1Br. The molecule has 1 atom stereocenters. The van der Waals surface area contributed by atoms with Crippen molar-refractivity contribution in [1.29, 1.82) is 0 Å². The van der Waals surface area contributed by atoms with Gasteiger partial charge in [-0.05, 0) is 31.4 Å². The molecule has 18 heavy (non-hydrogen) atoms. The van der Waals surface area contributed by atoms with Crippen LogP contribution in [0.3, 0.4) is 0 Å². The van der Waals surface area contributed by atoms with Crippen molar-refractivity contribution in [3.8, 4) is 0 Å². The Morgan fingerprint density at radius 2 is 2.00 bits per heavy atom. The summed E-state index contributed by atoms with van der Waals surface area (Å²) < 4.78 is 0.901. The fourth-order valence-electron chi connectivity index (χ4n) is 1.90. The Morgan fingerprint density at radius 3 is 2.50 bits per heavy atom. The Balaban J connectivity index is 2.09. The molecule has 1 amide bonds. The second kappa shape index (κ2) is 4.72. The molecule has 1 saturated carbocycles. The number of carboxylic acids is 1. The Hall–Kier alpha value is -1.36. The molecular formula is C13H14BrNO3. The third-order valence-electron chi connectivity index (χ3n) is 3.31. The molecule has 1 aliphatic carbocycles. The fourth-order valence-corrected chi connectivity index (χ4v) is 2.53. The van der Waals surface area contributed by atoms with Crippen LogP contribution in [0.5, 0.6) is 0 Å². The summed E-state index contributed by atoms with van der Waals surface area (Å²) in [4.78, 5) is 23.0. The normalized spacial score (nSPS) is 17.9. The van der Waals surface area contributed by atoms with Gasteiger partial charge in [0.15, 0.2) is 0 Å². The van der Waals surface area contributed by atoms with Gasteiger partial charge in [0.25, 0.3) is 0 Å². The third kappa shape index (κ3) is 2.27. The lowest BCUT2D eigenvalue weighted by Crippen LogP contribution is -2.38. The first-order chi connectivity index (χ1) is 8.47. The van der Waals surface area contributed by atoms with E-state index in [0.29, 0.717) is 12.8 Å². The summed E-state index contributed by atoms with van der Waals surface area (Å²) in [5.74, 6) is -1.42. The van der Waals surface area contributed by atoms with Crippen LogP contribution in [0, 0.1) is 5.41 Å². The van der Waals surface area contributed by atoms with E-state index in [4.69, 9.17) is 5.11 Å². The zero-order valence-corrected chi connectivity index (χ0v) is 11.5. The molecule has 1 fully saturated rings. The van der Waals surface area contributed by atoms with E-state index in [9.17, 15) is 9.59 Å². The topological polar surface area (TPSA) is 66.4 Å². The van der Waals surface area contributed by atoms with E-state index in [1.807, 2.05) is 31.2 Å². The van der Waals surface area contributed by atoms with Gasteiger partial charge in [-0.15, -0.1) is 0 Å². The number of halogens is 1. The van der Waals surface area contributed by atoms with Gasteiger partial charge in [0, 0.05) is 4.47 Å². The minimum Gasteiger partial charge on any atom is -0.480 e. The van der Waals surface area contributed by atoms with Gasteiger partial charge in [0.05, 0.1) is 6.04 Å². The minimum atomic E-state index is -1.19. The number of amides is 1. The van der Waals surface area contributed by atoms with Crippen molar-refractivity contribution in [2.24, 2.45) is 5.41 Å². The Bertz CT molecular complexity index is 497. The molecule has 1 aromatic carbocycles. The molecule has 2 rings (SSSR count). The van der Waals surface area contributed by atoms with Gasteiger partial charge in [-0.25, -0.2) is 0 Å². The van der Waals surface area contributed by atoms with E-state index in [1.54, 1.807) is 0 Å². The number of carboxylic acid groups (broad SMARTS) is 1. The highest BCUT2D eigenvalue weighted by Gasteiger charge is 2.57. The van der Waals surface area contributed by atoms with Crippen LogP contribution in [0.2, 0.25) is 0 Å². The standard InChI is InChI=1S/C13H14BrNO3/c1-8(9-4-2-3-5-10(9)14)15-11(16)13(6-7-13)12(17)18/h2-5,8H,6-7H2,1H3,(H,15,16)(H,17,18). The summed E-state index contributed by atoms with van der Waals surface area (Å²) in [6, 6.07) is 7.34. The monoisotopic (exact) mass is 311 g/mol. The zero-order valence-electron chi connectivity index (χ0n) is 9.94. The van der Waals surface area contributed by atoms with E-state index >= 15 is 0 Å². The first kappa shape index (κ1) is 13.1. The van der Waals surface area contributed by atoms with Crippen molar-refractivity contribution in [3.63, 3.8) is 0 Å². The first-order valence-corrected chi connectivity index (χ1v) is 6.55. The van der Waals surface area contributed by atoms with Crippen LogP contribution in [0.1, 0.15) is 31.4 Å². The highest BCUT2D eigenvalue weighted by atomic mass is 79.9. The lowest BCUT2D eigenvalue weighted by Gasteiger charge is -2.18. The van der Waals surface area contributed by atoms with Crippen molar-refractivity contribution in [2.75, 3.05) is 0 Å². The number of carbonyl (C=O) groups is 2. The van der Waals surface area contributed by atoms with Crippen LogP contribution < -0.4 is 5.32 Å². The number of hydrogen-bond donors (Lipinski definition) is 2. The van der Waals surface area contributed by atoms with Gasteiger partial charge < -0.3 is 10.4 Å². The van der Waals surface area contributed by atoms with E-state index in [2.05, 4.69) is 21.2 Å². The van der Waals surface area contributed by atoms with Crippen molar-refractivity contribution in [1.82, 2.24) is 5.32 Å². The predicted octanol–water partition coefficient (Wildman–Crippen LogP) is 2.49. The van der Waals surface area contributed by atoms with E-state index in [0.717, 1.165) is 10.0 Å². The number of hydrogen-bond acceptors (Lipinski definition) is 2. The fraction of sp³-hybridized carbons (Fsp3) is 0.385. The summed E-state index contributed by atoms with van der Waals surface area (Å²) in [6.45, 7) is 1.84. The van der Waals surface area contributed by atoms with Crippen molar-refractivity contribution < 1.29 is 14.7 Å². The lowest BCUT2D eigenvalue weighted by molar-refractivity contribution is -0.149. The maximum atomic E-state index is 12.0. The quantitative estimate of drug-likeness (QED) is 0.840. The summed E-state index contributed by atoms with van der Waals surface area (Å²) in [5.41, 5.74) is -0.248. The van der Waals surface area contributed by atoms with Gasteiger partial charge in [-0.1, -0.05) is 34.1 Å². The van der Waals surface area contributed by atoms with Crippen LogP contribution >= 0.6 is 15.9 Å². The highest BCUT2D eigenvalue weighted by molar-refractivity contribution is 9.10.